The Kier molecular flexibility index (Phi) is 5.20. The Morgan fingerprint density at radius 2 is 1.71 bits per heavy atom. The lowest BCUT2D eigenvalue weighted by atomic mass is 10.1. The number of rotatable bonds is 4. The zero-order valence-electron chi connectivity index (χ0n) is 13.5. The highest BCUT2D eigenvalue weighted by Crippen LogP contribution is 2.19. The third-order valence-corrected chi connectivity index (χ3v) is 4.23. The average Bonchev–Trinajstić information content (AvgIpc) is 2.60. The van der Waals surface area contributed by atoms with Crippen molar-refractivity contribution in [2.75, 3.05) is 5.43 Å². The summed E-state index contributed by atoms with van der Waals surface area (Å²) in [5.41, 5.74) is 6.97. The van der Waals surface area contributed by atoms with E-state index in [-0.39, 0.29) is 0 Å². The molecule has 2 aromatic carbocycles. The van der Waals surface area contributed by atoms with Crippen LogP contribution >= 0.6 is 22.6 Å². The van der Waals surface area contributed by atoms with Crippen LogP contribution in [-0.2, 0) is 0 Å². The number of anilines is 1. The third-order valence-electron chi connectivity index (χ3n) is 3.51. The van der Waals surface area contributed by atoms with Gasteiger partial charge >= 0.3 is 0 Å². The normalized spacial score (nSPS) is 11.4. The maximum Gasteiger partial charge on any atom is 0.150 e. The fourth-order valence-electron chi connectivity index (χ4n) is 2.28. The minimum absolute atomic E-state index is 0.686. The summed E-state index contributed by atoms with van der Waals surface area (Å²) in [6, 6.07) is 20.2. The van der Waals surface area contributed by atoms with Crippen LogP contribution in [0.2, 0.25) is 0 Å². The number of nitrogens with zero attached hydrogens (tertiary/aromatic N) is 3. The smallest absolute Gasteiger partial charge is 0.150 e. The molecule has 0 fully saturated rings. The number of nitrogens with one attached hydrogen (secondary N) is 1. The summed E-state index contributed by atoms with van der Waals surface area (Å²) in [6.07, 6.45) is 0. The highest BCUT2D eigenvalue weighted by molar-refractivity contribution is 14.1. The van der Waals surface area contributed by atoms with Gasteiger partial charge in [-0.1, -0.05) is 42.5 Å². The van der Waals surface area contributed by atoms with E-state index in [1.165, 1.54) is 3.57 Å². The van der Waals surface area contributed by atoms with E-state index in [1.54, 1.807) is 0 Å². The monoisotopic (exact) mass is 428 g/mol. The molecule has 0 aliphatic rings. The number of halogens is 1. The van der Waals surface area contributed by atoms with Crippen molar-refractivity contribution in [3.05, 3.63) is 75.6 Å². The summed E-state index contributed by atoms with van der Waals surface area (Å²) < 4.78 is 1.20. The SMILES string of the molecule is C/C(=N/Nc1cc(-c2ccccc2)nc(C)n1)c1ccc(I)cc1. The maximum atomic E-state index is 4.50. The predicted octanol–water partition coefficient (Wildman–Crippen LogP) is 4.89. The maximum absolute atomic E-state index is 4.50. The van der Waals surface area contributed by atoms with Crippen LogP contribution in [0.5, 0.6) is 0 Å². The Balaban J connectivity index is 1.84. The molecular weight excluding hydrogens is 411 g/mol. The number of hydrazone groups is 1. The minimum atomic E-state index is 0.686. The molecule has 0 bridgehead atoms. The van der Waals surface area contributed by atoms with Gasteiger partial charge in [-0.15, -0.1) is 0 Å². The molecule has 3 rings (SSSR count). The van der Waals surface area contributed by atoms with Crippen molar-refractivity contribution in [3.8, 4) is 11.3 Å². The average molecular weight is 428 g/mol. The molecule has 1 heterocycles. The molecule has 3 aromatic rings. The number of hydrogen-bond acceptors (Lipinski definition) is 4. The lowest BCUT2D eigenvalue weighted by Crippen LogP contribution is -2.02. The largest absolute Gasteiger partial charge is 0.261 e. The van der Waals surface area contributed by atoms with Gasteiger partial charge < -0.3 is 0 Å². The second-order valence-corrected chi connectivity index (χ2v) is 6.61. The lowest BCUT2D eigenvalue weighted by Gasteiger charge is -2.07. The highest BCUT2D eigenvalue weighted by Gasteiger charge is 2.04. The zero-order chi connectivity index (χ0) is 16.9. The summed E-state index contributed by atoms with van der Waals surface area (Å²) in [4.78, 5) is 8.91. The van der Waals surface area contributed by atoms with Crippen LogP contribution in [0.3, 0.4) is 0 Å². The molecule has 0 atom stereocenters. The van der Waals surface area contributed by atoms with Gasteiger partial charge in [-0.05, 0) is 54.1 Å². The first-order valence-corrected chi connectivity index (χ1v) is 8.67. The molecule has 0 unspecified atom stereocenters. The summed E-state index contributed by atoms with van der Waals surface area (Å²) in [7, 11) is 0. The number of hydrogen-bond donors (Lipinski definition) is 1. The van der Waals surface area contributed by atoms with Crippen LogP contribution in [0.15, 0.2) is 65.8 Å². The minimum Gasteiger partial charge on any atom is -0.261 e. The molecular formula is C19H17IN4. The van der Waals surface area contributed by atoms with Crippen molar-refractivity contribution in [3.63, 3.8) is 0 Å². The molecule has 1 N–H and O–H groups in total. The Morgan fingerprint density at radius 1 is 1.00 bits per heavy atom. The fourth-order valence-corrected chi connectivity index (χ4v) is 2.64. The van der Waals surface area contributed by atoms with Crippen LogP contribution < -0.4 is 5.43 Å². The summed E-state index contributed by atoms with van der Waals surface area (Å²) in [5.74, 6) is 1.40. The van der Waals surface area contributed by atoms with E-state index >= 15 is 0 Å². The molecule has 0 spiro atoms. The fraction of sp³-hybridized carbons (Fsp3) is 0.105. The standard InChI is InChI=1S/C19H17IN4/c1-13(15-8-10-17(20)11-9-15)23-24-19-12-18(21-14(2)22-19)16-6-4-3-5-7-16/h3-12H,1-2H3,(H,21,22,24)/b23-13-. The summed E-state index contributed by atoms with van der Waals surface area (Å²) in [5, 5.41) is 4.44. The van der Waals surface area contributed by atoms with Gasteiger partial charge in [0, 0.05) is 15.2 Å². The molecule has 5 heteroatoms. The van der Waals surface area contributed by atoms with Crippen LogP contribution in [0.4, 0.5) is 5.82 Å². The molecule has 0 saturated carbocycles. The Hall–Kier alpha value is -2.28. The molecule has 0 radical (unpaired) electrons. The van der Waals surface area contributed by atoms with E-state index in [0.717, 1.165) is 22.5 Å². The molecule has 0 aliphatic carbocycles. The van der Waals surface area contributed by atoms with Gasteiger partial charge in [0.15, 0.2) is 0 Å². The second kappa shape index (κ2) is 7.53. The molecule has 4 nitrogen and oxygen atoms in total. The first kappa shape index (κ1) is 16.6. The molecule has 0 saturated heterocycles. The van der Waals surface area contributed by atoms with E-state index in [1.807, 2.05) is 50.2 Å². The highest BCUT2D eigenvalue weighted by atomic mass is 127. The second-order valence-electron chi connectivity index (χ2n) is 5.37. The number of aromatic nitrogens is 2. The van der Waals surface area contributed by atoms with Crippen molar-refractivity contribution in [1.82, 2.24) is 9.97 Å². The van der Waals surface area contributed by atoms with Crippen LogP contribution in [0.25, 0.3) is 11.3 Å². The van der Waals surface area contributed by atoms with Crippen LogP contribution in [0, 0.1) is 10.5 Å². The number of benzene rings is 2. The van der Waals surface area contributed by atoms with Gasteiger partial charge in [0.2, 0.25) is 0 Å². The predicted molar refractivity (Wildman–Crippen MR) is 107 cm³/mol. The van der Waals surface area contributed by atoms with E-state index in [0.29, 0.717) is 11.6 Å². The van der Waals surface area contributed by atoms with E-state index < -0.39 is 0 Å². The molecule has 1 aromatic heterocycles. The van der Waals surface area contributed by atoms with Gasteiger partial charge in [0.05, 0.1) is 11.4 Å². The summed E-state index contributed by atoms with van der Waals surface area (Å²) >= 11 is 2.29. The van der Waals surface area contributed by atoms with E-state index in [9.17, 15) is 0 Å². The quantitative estimate of drug-likeness (QED) is 0.366. The molecule has 0 aliphatic heterocycles. The van der Waals surface area contributed by atoms with Crippen molar-refractivity contribution in [1.29, 1.82) is 0 Å². The van der Waals surface area contributed by atoms with Crippen molar-refractivity contribution in [2.24, 2.45) is 5.10 Å². The lowest BCUT2D eigenvalue weighted by molar-refractivity contribution is 1.05. The Bertz CT molecular complexity index is 858. The van der Waals surface area contributed by atoms with Gasteiger partial charge in [-0.3, -0.25) is 5.43 Å². The van der Waals surface area contributed by atoms with Gasteiger partial charge in [-0.2, -0.15) is 5.10 Å². The van der Waals surface area contributed by atoms with Gasteiger partial charge in [-0.25, -0.2) is 9.97 Å². The van der Waals surface area contributed by atoms with E-state index in [2.05, 4.69) is 67.4 Å². The molecule has 120 valence electrons. The van der Waals surface area contributed by atoms with Crippen molar-refractivity contribution >= 4 is 34.1 Å². The van der Waals surface area contributed by atoms with E-state index in [4.69, 9.17) is 0 Å². The topological polar surface area (TPSA) is 50.2 Å². The zero-order valence-corrected chi connectivity index (χ0v) is 15.7. The third kappa shape index (κ3) is 4.17. The molecule has 24 heavy (non-hydrogen) atoms. The Labute approximate surface area is 155 Å². The first-order valence-electron chi connectivity index (χ1n) is 7.59. The van der Waals surface area contributed by atoms with Crippen LogP contribution in [0.1, 0.15) is 18.3 Å². The first-order chi connectivity index (χ1) is 11.6. The van der Waals surface area contributed by atoms with Crippen molar-refractivity contribution < 1.29 is 0 Å². The number of aryl methyl sites for hydroxylation is 1. The Morgan fingerprint density at radius 3 is 2.42 bits per heavy atom. The van der Waals surface area contributed by atoms with Gasteiger partial charge in [0.1, 0.15) is 11.6 Å². The molecule has 0 amide bonds. The summed E-state index contributed by atoms with van der Waals surface area (Å²) in [6.45, 7) is 3.86. The van der Waals surface area contributed by atoms with Gasteiger partial charge in [0.25, 0.3) is 0 Å². The van der Waals surface area contributed by atoms with Crippen molar-refractivity contribution in [2.45, 2.75) is 13.8 Å². The van der Waals surface area contributed by atoms with Crippen LogP contribution in [-0.4, -0.2) is 15.7 Å².